The molecule has 0 saturated heterocycles. The third kappa shape index (κ3) is 4.24. The van der Waals surface area contributed by atoms with Crippen LogP contribution in [0, 0.1) is 0 Å². The number of amides is 1. The zero-order valence-corrected chi connectivity index (χ0v) is 19.7. The molecule has 1 heterocycles. The summed E-state index contributed by atoms with van der Waals surface area (Å²) in [6.45, 7) is 6.43. The molecule has 1 aliphatic rings. The van der Waals surface area contributed by atoms with Gasteiger partial charge in [-0.25, -0.2) is 4.99 Å². The van der Waals surface area contributed by atoms with Crippen LogP contribution < -0.4 is 22.1 Å². The second-order valence-corrected chi connectivity index (χ2v) is 9.40. The number of aliphatic imine (C=N–C) groups is 2. The highest BCUT2D eigenvalue weighted by molar-refractivity contribution is 6.08. The maximum atomic E-state index is 13.7. The van der Waals surface area contributed by atoms with Crippen molar-refractivity contribution in [2.24, 2.45) is 27.2 Å². The maximum Gasteiger partial charge on any atom is 0.258 e. The van der Waals surface area contributed by atoms with E-state index in [1.807, 2.05) is 71.6 Å². The quantitative estimate of drug-likeness (QED) is 0.408. The number of guanidine groups is 2. The molecule has 0 aromatic heterocycles. The summed E-state index contributed by atoms with van der Waals surface area (Å²) in [5, 5.41) is 0. The number of hydrogen-bond donors (Lipinski definition) is 3. The SMILES string of the molecule is CC1(c2ccccc2)CC(C)(C)N(C(=O)c2ccccc2)c2ccc(N=C(N)N=C(N)N)cc21. The van der Waals surface area contributed by atoms with Crippen LogP contribution in [0.3, 0.4) is 0 Å². The van der Waals surface area contributed by atoms with Crippen LogP contribution in [0.5, 0.6) is 0 Å². The first-order chi connectivity index (χ1) is 16.1. The Morgan fingerprint density at radius 2 is 1.50 bits per heavy atom. The number of rotatable bonds is 3. The summed E-state index contributed by atoms with van der Waals surface area (Å²) in [4.78, 5) is 23.8. The molecule has 1 amide bonds. The fraction of sp³-hybridized carbons (Fsp3) is 0.222. The van der Waals surface area contributed by atoms with E-state index in [0.29, 0.717) is 17.7 Å². The molecule has 0 saturated carbocycles. The van der Waals surface area contributed by atoms with Gasteiger partial charge in [0.05, 0.1) is 5.69 Å². The van der Waals surface area contributed by atoms with Gasteiger partial charge in [0.2, 0.25) is 5.96 Å². The van der Waals surface area contributed by atoms with E-state index in [-0.39, 0.29) is 23.2 Å². The summed E-state index contributed by atoms with van der Waals surface area (Å²) in [5.41, 5.74) is 20.2. The Hall–Kier alpha value is -4.13. The summed E-state index contributed by atoms with van der Waals surface area (Å²) >= 11 is 0. The summed E-state index contributed by atoms with van der Waals surface area (Å²) in [6.07, 6.45) is 0.714. The number of nitrogens with zero attached hydrogens (tertiary/aromatic N) is 3. The molecule has 0 fully saturated rings. The average molecular weight is 455 g/mol. The van der Waals surface area contributed by atoms with Gasteiger partial charge in [-0.2, -0.15) is 4.99 Å². The minimum Gasteiger partial charge on any atom is -0.370 e. The van der Waals surface area contributed by atoms with Gasteiger partial charge in [-0.3, -0.25) is 4.79 Å². The molecule has 3 aromatic carbocycles. The lowest BCUT2D eigenvalue weighted by Gasteiger charge is -2.51. The average Bonchev–Trinajstić information content (AvgIpc) is 2.79. The predicted molar refractivity (Wildman–Crippen MR) is 138 cm³/mol. The number of benzene rings is 3. The summed E-state index contributed by atoms with van der Waals surface area (Å²) in [6, 6.07) is 25.4. The Labute approximate surface area is 200 Å². The Morgan fingerprint density at radius 1 is 0.882 bits per heavy atom. The first-order valence-electron chi connectivity index (χ1n) is 11.2. The Balaban J connectivity index is 1.93. The Bertz CT molecular complexity index is 1260. The van der Waals surface area contributed by atoms with Gasteiger partial charge in [0.25, 0.3) is 5.91 Å². The number of hydrogen-bond acceptors (Lipinski definition) is 2. The van der Waals surface area contributed by atoms with Crippen molar-refractivity contribution in [2.75, 3.05) is 4.90 Å². The zero-order chi connectivity index (χ0) is 24.5. The van der Waals surface area contributed by atoms with Crippen LogP contribution in [0.2, 0.25) is 0 Å². The van der Waals surface area contributed by atoms with Crippen LogP contribution in [0.15, 0.2) is 88.8 Å². The number of carbonyl (C=O) groups is 1. The summed E-state index contributed by atoms with van der Waals surface area (Å²) in [5.74, 6) is -0.234. The van der Waals surface area contributed by atoms with Crippen molar-refractivity contribution in [3.05, 3.63) is 95.6 Å². The molecule has 0 radical (unpaired) electrons. The van der Waals surface area contributed by atoms with Crippen LogP contribution in [-0.2, 0) is 5.41 Å². The summed E-state index contributed by atoms with van der Waals surface area (Å²) < 4.78 is 0. The molecule has 0 bridgehead atoms. The Kier molecular flexibility index (Phi) is 5.87. The molecule has 1 aliphatic heterocycles. The molecule has 174 valence electrons. The van der Waals surface area contributed by atoms with E-state index < -0.39 is 5.54 Å². The fourth-order valence-corrected chi connectivity index (χ4v) is 5.04. The topological polar surface area (TPSA) is 123 Å². The molecule has 34 heavy (non-hydrogen) atoms. The third-order valence-corrected chi connectivity index (χ3v) is 6.33. The van der Waals surface area contributed by atoms with E-state index in [4.69, 9.17) is 17.2 Å². The van der Waals surface area contributed by atoms with Gasteiger partial charge in [0.1, 0.15) is 0 Å². The molecule has 7 nitrogen and oxygen atoms in total. The number of fused-ring (bicyclic) bond motifs is 1. The lowest BCUT2D eigenvalue weighted by atomic mass is 9.65. The molecule has 1 atom stereocenters. The smallest absolute Gasteiger partial charge is 0.258 e. The van der Waals surface area contributed by atoms with Crippen molar-refractivity contribution in [1.82, 2.24) is 0 Å². The molecule has 7 heteroatoms. The maximum absolute atomic E-state index is 13.7. The van der Waals surface area contributed by atoms with Crippen LogP contribution in [0.1, 0.15) is 48.7 Å². The van der Waals surface area contributed by atoms with E-state index in [0.717, 1.165) is 16.8 Å². The molecule has 3 aromatic rings. The molecule has 4 rings (SSSR count). The van der Waals surface area contributed by atoms with Gasteiger partial charge < -0.3 is 22.1 Å². The van der Waals surface area contributed by atoms with E-state index in [9.17, 15) is 4.79 Å². The largest absolute Gasteiger partial charge is 0.370 e. The minimum atomic E-state index is -0.452. The summed E-state index contributed by atoms with van der Waals surface area (Å²) in [7, 11) is 0. The lowest BCUT2D eigenvalue weighted by molar-refractivity contribution is 0.0948. The van der Waals surface area contributed by atoms with Gasteiger partial charge in [0, 0.05) is 22.2 Å². The highest BCUT2D eigenvalue weighted by Crippen LogP contribution is 2.51. The molecule has 0 spiro atoms. The van der Waals surface area contributed by atoms with E-state index in [2.05, 4.69) is 42.9 Å². The second-order valence-electron chi connectivity index (χ2n) is 9.40. The van der Waals surface area contributed by atoms with Crippen molar-refractivity contribution in [3.63, 3.8) is 0 Å². The van der Waals surface area contributed by atoms with Gasteiger partial charge >= 0.3 is 0 Å². The fourth-order valence-electron chi connectivity index (χ4n) is 5.04. The highest BCUT2D eigenvalue weighted by Gasteiger charge is 2.48. The second kappa shape index (κ2) is 8.67. The van der Waals surface area contributed by atoms with Gasteiger partial charge in [-0.15, -0.1) is 0 Å². The van der Waals surface area contributed by atoms with Gasteiger partial charge in [-0.1, -0.05) is 55.5 Å². The number of nitrogens with two attached hydrogens (primary N) is 3. The Morgan fingerprint density at radius 3 is 2.12 bits per heavy atom. The van der Waals surface area contributed by atoms with Gasteiger partial charge in [0.15, 0.2) is 5.96 Å². The van der Waals surface area contributed by atoms with Crippen LogP contribution in [-0.4, -0.2) is 23.4 Å². The van der Waals surface area contributed by atoms with Crippen LogP contribution >= 0.6 is 0 Å². The third-order valence-electron chi connectivity index (χ3n) is 6.33. The van der Waals surface area contributed by atoms with Crippen molar-refractivity contribution in [2.45, 2.75) is 38.1 Å². The molecule has 1 unspecified atom stereocenters. The van der Waals surface area contributed by atoms with E-state index in [1.54, 1.807) is 0 Å². The number of anilines is 1. The highest BCUT2D eigenvalue weighted by atomic mass is 16.2. The number of carbonyl (C=O) groups excluding carboxylic acids is 1. The van der Waals surface area contributed by atoms with Crippen molar-refractivity contribution >= 4 is 29.2 Å². The van der Waals surface area contributed by atoms with Gasteiger partial charge in [-0.05, 0) is 61.7 Å². The monoisotopic (exact) mass is 454 g/mol. The normalized spacial score (nSPS) is 19.3. The zero-order valence-electron chi connectivity index (χ0n) is 19.7. The molecule has 0 aliphatic carbocycles. The minimum absolute atomic E-state index is 0.0327. The van der Waals surface area contributed by atoms with Crippen LogP contribution in [0.4, 0.5) is 11.4 Å². The van der Waals surface area contributed by atoms with Crippen molar-refractivity contribution in [1.29, 1.82) is 0 Å². The molecule has 6 N–H and O–H groups in total. The predicted octanol–water partition coefficient (Wildman–Crippen LogP) is 4.04. The van der Waals surface area contributed by atoms with Crippen LogP contribution in [0.25, 0.3) is 0 Å². The standard InChI is InChI=1S/C27H30N6O/c1-26(2)17-27(3,19-12-8-5-9-13-19)21-16-20(31-25(30)32-24(28)29)14-15-22(21)33(26)23(34)18-10-6-4-7-11-18/h4-16H,17H2,1-3H3,(H6,28,29,30,31,32). The van der Waals surface area contributed by atoms with E-state index in [1.165, 1.54) is 0 Å². The first-order valence-corrected chi connectivity index (χ1v) is 11.2. The van der Waals surface area contributed by atoms with Crippen molar-refractivity contribution in [3.8, 4) is 0 Å². The van der Waals surface area contributed by atoms with Crippen molar-refractivity contribution < 1.29 is 4.79 Å². The van der Waals surface area contributed by atoms with E-state index >= 15 is 0 Å². The molecular formula is C27H30N6O. The molecular weight excluding hydrogens is 424 g/mol. The lowest BCUT2D eigenvalue weighted by Crippen LogP contribution is -2.55. The first kappa shape index (κ1) is 23.0.